The van der Waals surface area contributed by atoms with Gasteiger partial charge in [-0.2, -0.15) is 0 Å². The van der Waals surface area contributed by atoms with Crippen LogP contribution in [0.15, 0.2) is 24.3 Å². The number of rotatable bonds is 2. The van der Waals surface area contributed by atoms with Gasteiger partial charge in [0.05, 0.1) is 0 Å². The van der Waals surface area contributed by atoms with Crippen LogP contribution in [-0.4, -0.2) is 43.6 Å². The van der Waals surface area contributed by atoms with Crippen molar-refractivity contribution < 1.29 is 30.0 Å². The summed E-state index contributed by atoms with van der Waals surface area (Å²) in [7, 11) is 0. The first-order chi connectivity index (χ1) is 6.30. The normalized spacial score (nSPS) is 35.6. The second-order valence-electron chi connectivity index (χ2n) is 2.93. The van der Waals surface area contributed by atoms with E-state index in [2.05, 4.69) is 0 Å². The first-order valence-electron chi connectivity index (χ1n) is 3.62. The average molecular weight is 200 g/mol. The van der Waals surface area contributed by atoms with E-state index in [-0.39, 0.29) is 0 Å². The van der Waals surface area contributed by atoms with Crippen molar-refractivity contribution in [2.75, 3.05) is 0 Å². The summed E-state index contributed by atoms with van der Waals surface area (Å²) < 4.78 is 0. The summed E-state index contributed by atoms with van der Waals surface area (Å²) in [6.07, 6.45) is 2.85. The summed E-state index contributed by atoms with van der Waals surface area (Å²) in [5, 5.41) is 35.6. The van der Waals surface area contributed by atoms with E-state index < -0.39 is 23.1 Å². The van der Waals surface area contributed by atoms with Gasteiger partial charge in [0.15, 0.2) is 11.2 Å². The van der Waals surface area contributed by atoms with Gasteiger partial charge in [-0.3, -0.25) is 0 Å². The van der Waals surface area contributed by atoms with Crippen LogP contribution < -0.4 is 0 Å². The number of carboxylic acids is 2. The van der Waals surface area contributed by atoms with Gasteiger partial charge < -0.3 is 20.4 Å². The molecular weight excluding hydrogens is 192 g/mol. The Balaban J connectivity index is 3.01. The molecule has 6 nitrogen and oxygen atoms in total. The number of hydrogen-bond donors (Lipinski definition) is 4. The van der Waals surface area contributed by atoms with E-state index in [0.29, 0.717) is 24.3 Å². The van der Waals surface area contributed by atoms with Crippen molar-refractivity contribution in [1.82, 2.24) is 0 Å². The van der Waals surface area contributed by atoms with Crippen molar-refractivity contribution in [2.24, 2.45) is 0 Å². The zero-order valence-electron chi connectivity index (χ0n) is 6.91. The number of aliphatic hydroxyl groups is 2. The molecule has 0 spiro atoms. The van der Waals surface area contributed by atoms with Gasteiger partial charge >= 0.3 is 11.9 Å². The van der Waals surface area contributed by atoms with Crippen LogP contribution in [-0.2, 0) is 9.59 Å². The third kappa shape index (κ3) is 1.52. The minimum absolute atomic E-state index is 0.712. The molecule has 0 radical (unpaired) electrons. The molecule has 4 N–H and O–H groups in total. The smallest absolute Gasteiger partial charge is 0.343 e. The van der Waals surface area contributed by atoms with Gasteiger partial charge in [0, 0.05) is 0 Å². The van der Waals surface area contributed by atoms with Crippen LogP contribution in [0.1, 0.15) is 0 Å². The summed E-state index contributed by atoms with van der Waals surface area (Å²) in [5.41, 5.74) is -4.50. The molecule has 0 bridgehead atoms. The zero-order valence-corrected chi connectivity index (χ0v) is 6.91. The monoisotopic (exact) mass is 200 g/mol. The summed E-state index contributed by atoms with van der Waals surface area (Å²) in [6, 6.07) is 0. The average Bonchev–Trinajstić information content (AvgIpc) is 2.10. The quantitative estimate of drug-likeness (QED) is 0.414. The second kappa shape index (κ2) is 2.93. The van der Waals surface area contributed by atoms with Gasteiger partial charge in [0.2, 0.25) is 0 Å². The fourth-order valence-electron chi connectivity index (χ4n) is 0.904. The van der Waals surface area contributed by atoms with Crippen LogP contribution in [0.5, 0.6) is 0 Å². The number of carboxylic acid groups (broad SMARTS) is 2. The largest absolute Gasteiger partial charge is 0.479 e. The van der Waals surface area contributed by atoms with Crippen molar-refractivity contribution in [1.29, 1.82) is 0 Å². The Bertz CT molecular complexity index is 294. The Hall–Kier alpha value is -1.66. The van der Waals surface area contributed by atoms with Crippen LogP contribution in [0.4, 0.5) is 0 Å². The lowest BCUT2D eigenvalue weighted by molar-refractivity contribution is -0.152. The molecule has 0 aromatic carbocycles. The van der Waals surface area contributed by atoms with E-state index in [0.717, 1.165) is 0 Å². The Morgan fingerprint density at radius 3 is 1.14 bits per heavy atom. The van der Waals surface area contributed by atoms with Crippen molar-refractivity contribution >= 4 is 11.9 Å². The van der Waals surface area contributed by atoms with Crippen LogP contribution >= 0.6 is 0 Å². The molecule has 0 fully saturated rings. The van der Waals surface area contributed by atoms with Gasteiger partial charge in [0.1, 0.15) is 0 Å². The Kier molecular flexibility index (Phi) is 2.18. The minimum Gasteiger partial charge on any atom is -0.479 e. The van der Waals surface area contributed by atoms with Crippen molar-refractivity contribution in [2.45, 2.75) is 11.2 Å². The van der Waals surface area contributed by atoms with Crippen molar-refractivity contribution in [3.8, 4) is 0 Å². The number of aliphatic carboxylic acids is 2. The predicted molar refractivity (Wildman–Crippen MR) is 43.5 cm³/mol. The van der Waals surface area contributed by atoms with E-state index in [4.69, 9.17) is 10.2 Å². The van der Waals surface area contributed by atoms with Crippen LogP contribution in [0.3, 0.4) is 0 Å². The predicted octanol–water partition coefficient (Wildman–Crippen LogP) is -1.26. The lowest BCUT2D eigenvalue weighted by Gasteiger charge is -2.24. The second-order valence-corrected chi connectivity index (χ2v) is 2.93. The summed E-state index contributed by atoms with van der Waals surface area (Å²) in [6.45, 7) is 0. The summed E-state index contributed by atoms with van der Waals surface area (Å²) in [5.74, 6) is -3.09. The molecule has 1 aliphatic carbocycles. The third-order valence-electron chi connectivity index (χ3n) is 1.87. The van der Waals surface area contributed by atoms with Gasteiger partial charge in [-0.25, -0.2) is 9.59 Å². The first kappa shape index (κ1) is 10.4. The molecule has 0 heterocycles. The Labute approximate surface area is 78.4 Å². The van der Waals surface area contributed by atoms with Gasteiger partial charge in [-0.1, -0.05) is 0 Å². The highest BCUT2D eigenvalue weighted by Crippen LogP contribution is 2.22. The summed E-state index contributed by atoms with van der Waals surface area (Å²) >= 11 is 0. The maximum atomic E-state index is 10.5. The molecule has 0 aliphatic heterocycles. The van der Waals surface area contributed by atoms with E-state index in [1.54, 1.807) is 0 Å². The highest BCUT2D eigenvalue weighted by atomic mass is 16.4. The maximum absolute atomic E-state index is 10.5. The standard InChI is InChI=1S/C8H8O6/c9-5(10)7(13)1-2-8(14,4-3-7)6(11)12/h1-4,13-14H,(H,9,10)(H,11,12). The molecule has 0 aromatic rings. The van der Waals surface area contributed by atoms with E-state index in [9.17, 15) is 19.8 Å². The molecule has 1 aliphatic rings. The summed E-state index contributed by atoms with van der Waals surface area (Å²) in [4.78, 5) is 21.0. The number of carbonyl (C=O) groups is 2. The molecule has 0 saturated heterocycles. The van der Waals surface area contributed by atoms with Gasteiger partial charge in [0.25, 0.3) is 0 Å². The minimum atomic E-state index is -2.25. The van der Waals surface area contributed by atoms with Crippen LogP contribution in [0, 0.1) is 0 Å². The topological polar surface area (TPSA) is 115 Å². The van der Waals surface area contributed by atoms with Crippen LogP contribution in [0.25, 0.3) is 0 Å². The van der Waals surface area contributed by atoms with Gasteiger partial charge in [-0.15, -0.1) is 0 Å². The molecule has 0 atom stereocenters. The molecule has 6 heteroatoms. The first-order valence-corrected chi connectivity index (χ1v) is 3.62. The molecule has 1 rings (SSSR count). The lowest BCUT2D eigenvalue weighted by atomic mass is 9.90. The molecule has 0 saturated carbocycles. The zero-order chi connectivity index (χ0) is 11.0. The van der Waals surface area contributed by atoms with Crippen molar-refractivity contribution in [3.63, 3.8) is 0 Å². The molecule has 0 amide bonds. The lowest BCUT2D eigenvalue weighted by Crippen LogP contribution is -2.42. The number of hydrogen-bond acceptors (Lipinski definition) is 4. The highest BCUT2D eigenvalue weighted by molar-refractivity contribution is 5.88. The van der Waals surface area contributed by atoms with E-state index in [1.807, 2.05) is 0 Å². The maximum Gasteiger partial charge on any atom is 0.343 e. The van der Waals surface area contributed by atoms with E-state index >= 15 is 0 Å². The fraction of sp³-hybridized carbons (Fsp3) is 0.250. The highest BCUT2D eigenvalue weighted by Gasteiger charge is 2.40. The molecular formula is C8H8O6. The fourth-order valence-corrected chi connectivity index (χ4v) is 0.904. The molecule has 0 unspecified atom stereocenters. The Morgan fingerprint density at radius 1 is 0.786 bits per heavy atom. The molecule has 0 aromatic heterocycles. The van der Waals surface area contributed by atoms with Crippen LogP contribution in [0.2, 0.25) is 0 Å². The SMILES string of the molecule is O=C(O)C1(O)C=CC(O)(C(=O)O)C=C1. The van der Waals surface area contributed by atoms with E-state index in [1.165, 1.54) is 0 Å². The van der Waals surface area contributed by atoms with Crippen molar-refractivity contribution in [3.05, 3.63) is 24.3 Å². The Morgan fingerprint density at radius 2 is 1.00 bits per heavy atom. The third-order valence-corrected chi connectivity index (χ3v) is 1.87. The van der Waals surface area contributed by atoms with Gasteiger partial charge in [-0.05, 0) is 24.3 Å². The molecule has 76 valence electrons. The molecule has 14 heavy (non-hydrogen) atoms.